The van der Waals surface area contributed by atoms with Crippen LogP contribution in [0.15, 0.2) is 18.5 Å². The molecule has 0 aliphatic heterocycles. The summed E-state index contributed by atoms with van der Waals surface area (Å²) in [4.78, 5) is 18.5. The van der Waals surface area contributed by atoms with Crippen LogP contribution in [0.3, 0.4) is 0 Å². The van der Waals surface area contributed by atoms with Gasteiger partial charge in [0.2, 0.25) is 0 Å². The van der Waals surface area contributed by atoms with Gasteiger partial charge in [-0.25, -0.2) is 9.97 Å². The van der Waals surface area contributed by atoms with Crippen molar-refractivity contribution >= 4 is 17.3 Å². The lowest BCUT2D eigenvalue weighted by Gasteiger charge is -2.05. The summed E-state index contributed by atoms with van der Waals surface area (Å²) < 4.78 is 1.58. The van der Waals surface area contributed by atoms with Gasteiger partial charge < -0.3 is 10.6 Å². The van der Waals surface area contributed by atoms with Crippen LogP contribution in [-0.4, -0.2) is 31.7 Å². The largest absolute Gasteiger partial charge is 0.373 e. The second-order valence-electron chi connectivity index (χ2n) is 3.79. The van der Waals surface area contributed by atoms with Crippen molar-refractivity contribution in [1.82, 2.24) is 19.7 Å². The Kier molecular flexibility index (Phi) is 3.55. The fourth-order valence-electron chi connectivity index (χ4n) is 1.47. The summed E-state index contributed by atoms with van der Waals surface area (Å²) in [5.74, 6) is 1.40. The fourth-order valence-corrected chi connectivity index (χ4v) is 1.47. The van der Waals surface area contributed by atoms with E-state index < -0.39 is 4.92 Å². The molecular weight excluding hydrogens is 250 g/mol. The summed E-state index contributed by atoms with van der Waals surface area (Å²) in [7, 11) is 3.41. The number of hydrogen-bond donors (Lipinski definition) is 2. The molecule has 100 valence electrons. The summed E-state index contributed by atoms with van der Waals surface area (Å²) in [5, 5.41) is 20.6. The topological polar surface area (TPSA) is 111 Å². The van der Waals surface area contributed by atoms with Gasteiger partial charge in [0, 0.05) is 14.1 Å². The van der Waals surface area contributed by atoms with Crippen molar-refractivity contribution in [3.63, 3.8) is 0 Å². The second kappa shape index (κ2) is 5.29. The molecule has 2 aromatic rings. The molecule has 0 atom stereocenters. The van der Waals surface area contributed by atoms with E-state index in [4.69, 9.17) is 0 Å². The molecule has 0 amide bonds. The average Bonchev–Trinajstić information content (AvgIpc) is 2.81. The van der Waals surface area contributed by atoms with Gasteiger partial charge in [-0.3, -0.25) is 14.8 Å². The molecule has 9 heteroatoms. The minimum absolute atomic E-state index is 0.0316. The molecule has 0 fully saturated rings. The number of anilines is 2. The highest BCUT2D eigenvalue weighted by atomic mass is 16.6. The third kappa shape index (κ3) is 3.15. The van der Waals surface area contributed by atoms with Gasteiger partial charge in [-0.15, -0.1) is 0 Å². The Morgan fingerprint density at radius 3 is 2.74 bits per heavy atom. The molecule has 0 aliphatic carbocycles. The molecule has 2 aromatic heterocycles. The standard InChI is InChI=1S/C10H13N7O2/c1-11-8-3-7(17(18)19)4-9(14-8)12-5-10-13-6-16(2)15-10/h3-4,6H,5H2,1-2H3,(H2,11,12,14). The van der Waals surface area contributed by atoms with Gasteiger partial charge in [0.05, 0.1) is 23.6 Å². The Balaban J connectivity index is 2.15. The van der Waals surface area contributed by atoms with Crippen LogP contribution in [-0.2, 0) is 13.6 Å². The lowest BCUT2D eigenvalue weighted by molar-refractivity contribution is -0.384. The molecule has 0 aliphatic rings. The number of hydrogen-bond acceptors (Lipinski definition) is 7. The molecule has 2 rings (SSSR count). The Bertz CT molecular complexity index is 595. The lowest BCUT2D eigenvalue weighted by atomic mass is 10.3. The zero-order valence-electron chi connectivity index (χ0n) is 10.5. The van der Waals surface area contributed by atoms with Crippen LogP contribution in [0.5, 0.6) is 0 Å². The molecule has 0 unspecified atom stereocenters. The van der Waals surface area contributed by atoms with Crippen LogP contribution >= 0.6 is 0 Å². The lowest BCUT2D eigenvalue weighted by Crippen LogP contribution is -2.06. The van der Waals surface area contributed by atoms with Crippen molar-refractivity contribution < 1.29 is 4.92 Å². The Labute approximate surface area is 108 Å². The molecule has 2 heterocycles. The summed E-state index contributed by atoms with van der Waals surface area (Å²) >= 11 is 0. The maximum atomic E-state index is 10.8. The van der Waals surface area contributed by atoms with Gasteiger partial charge >= 0.3 is 0 Å². The monoisotopic (exact) mass is 263 g/mol. The van der Waals surface area contributed by atoms with Crippen LogP contribution in [0.25, 0.3) is 0 Å². The van der Waals surface area contributed by atoms with Gasteiger partial charge in [-0.2, -0.15) is 5.10 Å². The zero-order valence-corrected chi connectivity index (χ0v) is 10.5. The summed E-state index contributed by atoms with van der Waals surface area (Å²) in [6, 6.07) is 2.73. The number of aryl methyl sites for hydroxylation is 1. The number of nitro groups is 1. The van der Waals surface area contributed by atoms with E-state index in [0.717, 1.165) is 0 Å². The number of nitrogens with zero attached hydrogens (tertiary/aromatic N) is 5. The van der Waals surface area contributed by atoms with Crippen LogP contribution in [0.2, 0.25) is 0 Å². The smallest absolute Gasteiger partial charge is 0.276 e. The third-order valence-corrected chi connectivity index (χ3v) is 2.35. The third-order valence-electron chi connectivity index (χ3n) is 2.35. The Hall–Kier alpha value is -2.71. The molecule has 0 saturated carbocycles. The van der Waals surface area contributed by atoms with E-state index in [2.05, 4.69) is 25.7 Å². The van der Waals surface area contributed by atoms with Crippen molar-refractivity contribution in [2.45, 2.75) is 6.54 Å². The van der Waals surface area contributed by atoms with E-state index in [0.29, 0.717) is 24.0 Å². The quantitative estimate of drug-likeness (QED) is 0.605. The van der Waals surface area contributed by atoms with Crippen molar-refractivity contribution in [3.05, 3.63) is 34.4 Å². The predicted molar refractivity (Wildman–Crippen MR) is 68.8 cm³/mol. The number of rotatable bonds is 5. The molecule has 19 heavy (non-hydrogen) atoms. The van der Waals surface area contributed by atoms with Crippen molar-refractivity contribution in [2.75, 3.05) is 17.7 Å². The molecule has 2 N–H and O–H groups in total. The van der Waals surface area contributed by atoms with Crippen LogP contribution < -0.4 is 10.6 Å². The van der Waals surface area contributed by atoms with Crippen molar-refractivity contribution in [3.8, 4) is 0 Å². The molecule has 9 nitrogen and oxygen atoms in total. The van der Waals surface area contributed by atoms with E-state index in [9.17, 15) is 10.1 Å². The number of aromatic nitrogens is 4. The van der Waals surface area contributed by atoms with E-state index >= 15 is 0 Å². The molecule has 0 bridgehead atoms. The van der Waals surface area contributed by atoms with E-state index in [1.54, 1.807) is 25.1 Å². The first kappa shape index (κ1) is 12.7. The van der Waals surface area contributed by atoms with Crippen molar-refractivity contribution in [1.29, 1.82) is 0 Å². The van der Waals surface area contributed by atoms with E-state index in [1.807, 2.05) is 0 Å². The van der Waals surface area contributed by atoms with E-state index in [-0.39, 0.29) is 5.69 Å². The fraction of sp³-hybridized carbons (Fsp3) is 0.300. The molecule has 0 spiro atoms. The SMILES string of the molecule is CNc1cc([N+](=O)[O-])cc(NCc2ncn(C)n2)n1. The number of pyridine rings is 1. The molecule has 0 aromatic carbocycles. The Morgan fingerprint density at radius 1 is 1.42 bits per heavy atom. The summed E-state index contributed by atoms with van der Waals surface area (Å²) in [5.41, 5.74) is -0.0316. The summed E-state index contributed by atoms with van der Waals surface area (Å²) in [6.07, 6.45) is 1.58. The van der Waals surface area contributed by atoms with Gasteiger partial charge in [0.25, 0.3) is 5.69 Å². The second-order valence-corrected chi connectivity index (χ2v) is 3.79. The molecule has 0 radical (unpaired) electrons. The zero-order chi connectivity index (χ0) is 13.8. The normalized spacial score (nSPS) is 10.2. The highest BCUT2D eigenvalue weighted by Crippen LogP contribution is 2.20. The summed E-state index contributed by atoms with van der Waals surface area (Å²) in [6.45, 7) is 0.345. The van der Waals surface area contributed by atoms with Crippen molar-refractivity contribution in [2.24, 2.45) is 7.05 Å². The molecule has 0 saturated heterocycles. The maximum absolute atomic E-state index is 10.8. The first-order valence-electron chi connectivity index (χ1n) is 5.51. The first-order valence-corrected chi connectivity index (χ1v) is 5.51. The van der Waals surface area contributed by atoms with Gasteiger partial charge in [0.1, 0.15) is 18.0 Å². The van der Waals surface area contributed by atoms with Gasteiger partial charge in [0.15, 0.2) is 5.82 Å². The highest BCUT2D eigenvalue weighted by Gasteiger charge is 2.10. The van der Waals surface area contributed by atoms with E-state index in [1.165, 1.54) is 12.1 Å². The average molecular weight is 263 g/mol. The van der Waals surface area contributed by atoms with Crippen LogP contribution in [0.1, 0.15) is 5.82 Å². The maximum Gasteiger partial charge on any atom is 0.276 e. The first-order chi connectivity index (χ1) is 9.08. The van der Waals surface area contributed by atoms with Gasteiger partial charge in [-0.1, -0.05) is 0 Å². The predicted octanol–water partition coefficient (Wildman–Crippen LogP) is 0.772. The van der Waals surface area contributed by atoms with Crippen LogP contribution in [0, 0.1) is 10.1 Å². The minimum Gasteiger partial charge on any atom is -0.373 e. The minimum atomic E-state index is -0.466. The molecular formula is C10H13N7O2. The Morgan fingerprint density at radius 2 is 2.16 bits per heavy atom. The number of nitrogens with one attached hydrogen (secondary N) is 2. The highest BCUT2D eigenvalue weighted by molar-refractivity contribution is 5.54. The van der Waals surface area contributed by atoms with Gasteiger partial charge in [-0.05, 0) is 0 Å². The van der Waals surface area contributed by atoms with Crippen LogP contribution in [0.4, 0.5) is 17.3 Å².